The summed E-state index contributed by atoms with van der Waals surface area (Å²) < 4.78 is 0. The van der Waals surface area contributed by atoms with Gasteiger partial charge in [0.05, 0.1) is 6.04 Å². The fraction of sp³-hybridized carbons (Fsp3) is 0.500. The molecule has 2 N–H and O–H groups in total. The fourth-order valence-electron chi connectivity index (χ4n) is 2.10. The Morgan fingerprint density at radius 2 is 2.28 bits per heavy atom. The second kappa shape index (κ2) is 6.81. The molecule has 98 valence electrons. The highest BCUT2D eigenvalue weighted by atomic mass is 32.2. The summed E-state index contributed by atoms with van der Waals surface area (Å²) in [5, 5.41) is 6.44. The Bertz CT molecular complexity index is 377. The molecule has 0 aliphatic carbocycles. The van der Waals surface area contributed by atoms with Crippen LogP contribution in [0, 0.1) is 0 Å². The Balaban J connectivity index is 1.80. The van der Waals surface area contributed by atoms with Crippen molar-refractivity contribution in [1.82, 2.24) is 10.6 Å². The van der Waals surface area contributed by atoms with E-state index in [-0.39, 0.29) is 11.9 Å². The maximum Gasteiger partial charge on any atom is 0.222 e. The lowest BCUT2D eigenvalue weighted by atomic mass is 10.1. The standard InChI is InChI=1S/C14H20N2OS/c1-11(12-5-3-2-4-6-12)16-14(17)9-13-10-18-8-7-15-13/h2-6,11,13,15H,7-10H2,1H3,(H,16,17). The van der Waals surface area contributed by atoms with Gasteiger partial charge in [0.2, 0.25) is 5.91 Å². The first-order valence-electron chi connectivity index (χ1n) is 6.41. The van der Waals surface area contributed by atoms with E-state index in [9.17, 15) is 4.79 Å². The Morgan fingerprint density at radius 1 is 1.50 bits per heavy atom. The van der Waals surface area contributed by atoms with Crippen molar-refractivity contribution in [1.29, 1.82) is 0 Å². The van der Waals surface area contributed by atoms with Crippen LogP contribution in [-0.4, -0.2) is 30.0 Å². The molecule has 2 atom stereocenters. The Kier molecular flexibility index (Phi) is 5.08. The van der Waals surface area contributed by atoms with Gasteiger partial charge in [-0.2, -0.15) is 11.8 Å². The molecular weight excluding hydrogens is 244 g/mol. The second-order valence-electron chi connectivity index (χ2n) is 4.63. The predicted octanol–water partition coefficient (Wildman–Crippen LogP) is 1.96. The van der Waals surface area contributed by atoms with Crippen LogP contribution in [0.1, 0.15) is 24.9 Å². The highest BCUT2D eigenvalue weighted by Crippen LogP contribution is 2.13. The molecule has 0 bridgehead atoms. The van der Waals surface area contributed by atoms with Crippen molar-refractivity contribution in [2.45, 2.75) is 25.4 Å². The lowest BCUT2D eigenvalue weighted by molar-refractivity contribution is -0.122. The molecule has 0 spiro atoms. The van der Waals surface area contributed by atoms with E-state index < -0.39 is 0 Å². The quantitative estimate of drug-likeness (QED) is 0.873. The van der Waals surface area contributed by atoms with E-state index in [1.807, 2.05) is 49.0 Å². The van der Waals surface area contributed by atoms with E-state index in [1.54, 1.807) is 0 Å². The van der Waals surface area contributed by atoms with Gasteiger partial charge in [0.25, 0.3) is 0 Å². The summed E-state index contributed by atoms with van der Waals surface area (Å²) in [6.45, 7) is 3.03. The zero-order valence-electron chi connectivity index (χ0n) is 10.7. The van der Waals surface area contributed by atoms with Crippen LogP contribution >= 0.6 is 11.8 Å². The van der Waals surface area contributed by atoms with Gasteiger partial charge in [-0.1, -0.05) is 30.3 Å². The van der Waals surface area contributed by atoms with E-state index >= 15 is 0 Å². The number of benzene rings is 1. The number of rotatable bonds is 4. The van der Waals surface area contributed by atoms with Crippen molar-refractivity contribution in [3.8, 4) is 0 Å². The van der Waals surface area contributed by atoms with Crippen LogP contribution in [0.25, 0.3) is 0 Å². The van der Waals surface area contributed by atoms with Crippen LogP contribution in [0.4, 0.5) is 0 Å². The molecular formula is C14H20N2OS. The summed E-state index contributed by atoms with van der Waals surface area (Å²) in [6, 6.07) is 10.5. The molecule has 3 nitrogen and oxygen atoms in total. The normalized spacial score (nSPS) is 21.3. The molecule has 1 aromatic carbocycles. The van der Waals surface area contributed by atoms with Gasteiger partial charge < -0.3 is 10.6 Å². The van der Waals surface area contributed by atoms with Crippen molar-refractivity contribution in [2.24, 2.45) is 0 Å². The SMILES string of the molecule is CC(NC(=O)CC1CSCCN1)c1ccccc1. The van der Waals surface area contributed by atoms with Crippen molar-refractivity contribution in [2.75, 3.05) is 18.1 Å². The molecule has 1 aromatic rings. The van der Waals surface area contributed by atoms with E-state index in [4.69, 9.17) is 0 Å². The molecule has 2 unspecified atom stereocenters. The maximum absolute atomic E-state index is 11.9. The van der Waals surface area contributed by atoms with Crippen LogP contribution in [0.5, 0.6) is 0 Å². The van der Waals surface area contributed by atoms with Crippen molar-refractivity contribution in [3.05, 3.63) is 35.9 Å². The molecule has 1 aliphatic rings. The average Bonchev–Trinajstić information content (AvgIpc) is 2.40. The van der Waals surface area contributed by atoms with E-state index in [1.165, 1.54) is 0 Å². The highest BCUT2D eigenvalue weighted by Gasteiger charge is 2.17. The van der Waals surface area contributed by atoms with Crippen LogP contribution in [0.2, 0.25) is 0 Å². The minimum absolute atomic E-state index is 0.0787. The number of carbonyl (C=O) groups is 1. The van der Waals surface area contributed by atoms with Gasteiger partial charge >= 0.3 is 0 Å². The molecule has 1 heterocycles. The number of carbonyl (C=O) groups excluding carboxylic acids is 1. The van der Waals surface area contributed by atoms with Gasteiger partial charge in [0.1, 0.15) is 0 Å². The molecule has 0 aromatic heterocycles. The zero-order valence-corrected chi connectivity index (χ0v) is 11.5. The fourth-order valence-corrected chi connectivity index (χ4v) is 3.05. The number of amides is 1. The predicted molar refractivity (Wildman–Crippen MR) is 76.7 cm³/mol. The first-order valence-corrected chi connectivity index (χ1v) is 7.56. The monoisotopic (exact) mass is 264 g/mol. The second-order valence-corrected chi connectivity index (χ2v) is 5.78. The number of hydrogen-bond acceptors (Lipinski definition) is 3. The third-order valence-electron chi connectivity index (χ3n) is 3.11. The lowest BCUT2D eigenvalue weighted by Gasteiger charge is -2.23. The minimum atomic E-state index is 0.0787. The number of thioether (sulfide) groups is 1. The Labute approximate surface area is 113 Å². The third-order valence-corrected chi connectivity index (χ3v) is 4.24. The zero-order chi connectivity index (χ0) is 12.8. The Morgan fingerprint density at radius 3 is 2.94 bits per heavy atom. The van der Waals surface area contributed by atoms with Crippen LogP contribution in [-0.2, 0) is 4.79 Å². The summed E-state index contributed by atoms with van der Waals surface area (Å²) in [5.74, 6) is 2.32. The van der Waals surface area contributed by atoms with Crippen molar-refractivity contribution < 1.29 is 4.79 Å². The maximum atomic E-state index is 11.9. The first kappa shape index (κ1) is 13.4. The number of nitrogens with one attached hydrogen (secondary N) is 2. The third kappa shape index (κ3) is 4.03. The van der Waals surface area contributed by atoms with Gasteiger partial charge in [-0.15, -0.1) is 0 Å². The molecule has 1 amide bonds. The summed E-state index contributed by atoms with van der Waals surface area (Å²) in [6.07, 6.45) is 0.574. The molecule has 1 fully saturated rings. The topological polar surface area (TPSA) is 41.1 Å². The average molecular weight is 264 g/mol. The molecule has 2 rings (SSSR count). The van der Waals surface area contributed by atoms with Crippen molar-refractivity contribution in [3.63, 3.8) is 0 Å². The van der Waals surface area contributed by atoms with Gasteiger partial charge in [-0.25, -0.2) is 0 Å². The van der Waals surface area contributed by atoms with Crippen LogP contribution < -0.4 is 10.6 Å². The van der Waals surface area contributed by atoms with Gasteiger partial charge in [0.15, 0.2) is 0 Å². The summed E-state index contributed by atoms with van der Waals surface area (Å²) in [4.78, 5) is 11.9. The smallest absolute Gasteiger partial charge is 0.222 e. The minimum Gasteiger partial charge on any atom is -0.350 e. The van der Waals surface area contributed by atoms with Crippen molar-refractivity contribution >= 4 is 17.7 Å². The Hall–Kier alpha value is -1.00. The molecule has 0 radical (unpaired) electrons. The highest BCUT2D eigenvalue weighted by molar-refractivity contribution is 7.99. The van der Waals surface area contributed by atoms with Crippen LogP contribution in [0.3, 0.4) is 0 Å². The molecule has 1 aliphatic heterocycles. The van der Waals surface area contributed by atoms with Gasteiger partial charge in [-0.05, 0) is 12.5 Å². The largest absolute Gasteiger partial charge is 0.350 e. The molecule has 18 heavy (non-hydrogen) atoms. The van der Waals surface area contributed by atoms with E-state index in [0.29, 0.717) is 12.5 Å². The van der Waals surface area contributed by atoms with Gasteiger partial charge in [0, 0.05) is 30.5 Å². The lowest BCUT2D eigenvalue weighted by Crippen LogP contribution is -2.41. The van der Waals surface area contributed by atoms with Crippen LogP contribution in [0.15, 0.2) is 30.3 Å². The molecule has 0 saturated carbocycles. The molecule has 1 saturated heterocycles. The number of hydrogen-bond donors (Lipinski definition) is 2. The van der Waals surface area contributed by atoms with Gasteiger partial charge in [-0.3, -0.25) is 4.79 Å². The summed E-state index contributed by atoms with van der Waals surface area (Å²) >= 11 is 1.92. The molecule has 4 heteroatoms. The first-order chi connectivity index (χ1) is 8.75. The van der Waals surface area contributed by atoms with E-state index in [2.05, 4.69) is 10.6 Å². The van der Waals surface area contributed by atoms with E-state index in [0.717, 1.165) is 23.6 Å². The summed E-state index contributed by atoms with van der Waals surface area (Å²) in [5.41, 5.74) is 1.15. The summed E-state index contributed by atoms with van der Waals surface area (Å²) in [7, 11) is 0.